The number of carbonyl (C=O) groups excluding carboxylic acids is 1. The van der Waals surface area contributed by atoms with Gasteiger partial charge in [-0.15, -0.1) is 0 Å². The van der Waals surface area contributed by atoms with Gasteiger partial charge in [-0.2, -0.15) is 0 Å². The van der Waals surface area contributed by atoms with Crippen LogP contribution in [0, 0.1) is 0 Å². The van der Waals surface area contributed by atoms with Crippen molar-refractivity contribution in [2.24, 2.45) is 0 Å². The normalized spacial score (nSPS) is 11.3. The zero-order valence-corrected chi connectivity index (χ0v) is 14.7. The Bertz CT molecular complexity index is 1030. The first-order chi connectivity index (χ1) is 13.3. The average molecular weight is 353 g/mol. The summed E-state index contributed by atoms with van der Waals surface area (Å²) >= 11 is 0. The first-order valence-electron chi connectivity index (χ1n) is 8.82. The number of hydrogen-bond donors (Lipinski definition) is 2. The lowest BCUT2D eigenvalue weighted by Crippen LogP contribution is -2.27. The third-order valence-electron chi connectivity index (χ3n) is 4.45. The van der Waals surface area contributed by atoms with Crippen molar-refractivity contribution in [2.75, 3.05) is 0 Å². The Morgan fingerprint density at radius 3 is 2.26 bits per heavy atom. The lowest BCUT2D eigenvalue weighted by Gasteiger charge is -2.19. The molecule has 27 heavy (non-hydrogen) atoms. The topological polar surface area (TPSA) is 57.8 Å². The van der Waals surface area contributed by atoms with Crippen LogP contribution < -0.4 is 5.32 Å². The molecule has 0 aliphatic carbocycles. The van der Waals surface area contributed by atoms with Crippen molar-refractivity contribution in [1.29, 1.82) is 0 Å². The molecule has 2 heterocycles. The highest BCUT2D eigenvalue weighted by Gasteiger charge is 2.15. The molecule has 0 spiro atoms. The molecule has 0 saturated carbocycles. The molecule has 2 N–H and O–H groups in total. The van der Waals surface area contributed by atoms with Crippen molar-refractivity contribution in [1.82, 2.24) is 15.3 Å². The Labute approximate surface area is 157 Å². The van der Waals surface area contributed by atoms with E-state index in [9.17, 15) is 4.79 Å². The maximum atomic E-state index is 12.6. The van der Waals surface area contributed by atoms with Gasteiger partial charge in [0.1, 0.15) is 5.65 Å². The molecule has 4 nitrogen and oxygen atoms in total. The molecule has 4 heteroatoms. The molecule has 1 amide bonds. The van der Waals surface area contributed by atoms with Gasteiger partial charge in [0.15, 0.2) is 0 Å². The first kappa shape index (κ1) is 16.8. The summed E-state index contributed by atoms with van der Waals surface area (Å²) in [6.07, 6.45) is 6.97. The molecule has 2 aromatic carbocycles. The second-order valence-corrected chi connectivity index (χ2v) is 6.24. The number of H-pyrrole nitrogens is 1. The SMILES string of the molecule is O=C(/C=C/c1c[nH]c2ncccc12)NC(c1ccccc1)c1ccccc1. The van der Waals surface area contributed by atoms with Gasteiger partial charge < -0.3 is 10.3 Å². The minimum absolute atomic E-state index is 0.147. The van der Waals surface area contributed by atoms with Gasteiger partial charge in [-0.05, 0) is 29.3 Å². The molecule has 132 valence electrons. The van der Waals surface area contributed by atoms with Gasteiger partial charge in [-0.25, -0.2) is 4.98 Å². The summed E-state index contributed by atoms with van der Waals surface area (Å²) < 4.78 is 0. The molecule has 0 aliphatic rings. The third kappa shape index (κ3) is 3.80. The number of pyridine rings is 1. The molecule has 4 rings (SSSR count). The van der Waals surface area contributed by atoms with E-state index in [1.54, 1.807) is 12.3 Å². The Balaban J connectivity index is 1.57. The molecule has 4 aromatic rings. The molecule has 0 aliphatic heterocycles. The Hall–Kier alpha value is -3.66. The van der Waals surface area contributed by atoms with Gasteiger partial charge in [0, 0.05) is 29.4 Å². The number of fused-ring (bicyclic) bond motifs is 1. The monoisotopic (exact) mass is 353 g/mol. The van der Waals surface area contributed by atoms with Gasteiger partial charge >= 0.3 is 0 Å². The molecule has 2 aromatic heterocycles. The van der Waals surface area contributed by atoms with Crippen LogP contribution in [0.3, 0.4) is 0 Å². The van der Waals surface area contributed by atoms with Crippen molar-refractivity contribution in [3.8, 4) is 0 Å². The molecule has 0 unspecified atom stereocenters. The van der Waals surface area contributed by atoms with Crippen LogP contribution in [0.15, 0.2) is 91.3 Å². The summed E-state index contributed by atoms with van der Waals surface area (Å²) in [5, 5.41) is 4.10. The number of rotatable bonds is 5. The van der Waals surface area contributed by atoms with Crippen LogP contribution in [0.25, 0.3) is 17.1 Å². The minimum atomic E-state index is -0.200. The van der Waals surface area contributed by atoms with Crippen molar-refractivity contribution in [3.05, 3.63) is 108 Å². The largest absolute Gasteiger partial charge is 0.346 e. The van der Waals surface area contributed by atoms with E-state index in [4.69, 9.17) is 0 Å². The lowest BCUT2D eigenvalue weighted by molar-refractivity contribution is -0.116. The van der Waals surface area contributed by atoms with E-state index >= 15 is 0 Å². The number of amides is 1. The van der Waals surface area contributed by atoms with Crippen LogP contribution >= 0.6 is 0 Å². The molecule has 0 saturated heterocycles. The molecule has 0 fully saturated rings. The van der Waals surface area contributed by atoms with Crippen LogP contribution in [0.1, 0.15) is 22.7 Å². The van der Waals surface area contributed by atoms with Gasteiger partial charge in [0.25, 0.3) is 0 Å². The van der Waals surface area contributed by atoms with Crippen molar-refractivity contribution in [2.45, 2.75) is 6.04 Å². The van der Waals surface area contributed by atoms with Crippen molar-refractivity contribution < 1.29 is 4.79 Å². The lowest BCUT2D eigenvalue weighted by atomic mass is 9.98. The highest BCUT2D eigenvalue weighted by molar-refractivity contribution is 5.95. The summed E-state index contributed by atoms with van der Waals surface area (Å²) in [6.45, 7) is 0. The summed E-state index contributed by atoms with van der Waals surface area (Å²) in [7, 11) is 0. The molecular weight excluding hydrogens is 334 g/mol. The fourth-order valence-corrected chi connectivity index (χ4v) is 3.12. The van der Waals surface area contributed by atoms with Crippen LogP contribution in [0.5, 0.6) is 0 Å². The van der Waals surface area contributed by atoms with E-state index in [1.165, 1.54) is 0 Å². The average Bonchev–Trinajstić information content (AvgIpc) is 3.15. The zero-order valence-electron chi connectivity index (χ0n) is 14.7. The van der Waals surface area contributed by atoms with E-state index in [-0.39, 0.29) is 11.9 Å². The second-order valence-electron chi connectivity index (χ2n) is 6.24. The van der Waals surface area contributed by atoms with Gasteiger partial charge in [0.05, 0.1) is 6.04 Å². The smallest absolute Gasteiger partial charge is 0.244 e. The summed E-state index contributed by atoms with van der Waals surface area (Å²) in [4.78, 5) is 20.0. The predicted molar refractivity (Wildman–Crippen MR) is 108 cm³/mol. The predicted octanol–water partition coefficient (Wildman–Crippen LogP) is 4.48. The molecule has 0 radical (unpaired) electrons. The van der Waals surface area contributed by atoms with E-state index in [0.717, 1.165) is 27.7 Å². The highest BCUT2D eigenvalue weighted by atomic mass is 16.1. The maximum absolute atomic E-state index is 12.6. The van der Waals surface area contributed by atoms with Crippen LogP contribution in [0.2, 0.25) is 0 Å². The standard InChI is InChI=1S/C23H19N3O/c27-21(14-13-19-16-25-23-20(19)12-7-15-24-23)26-22(17-8-3-1-4-9-17)18-10-5-2-6-11-18/h1-16,22H,(H,24,25)(H,26,27)/b14-13+. The Kier molecular flexibility index (Phi) is 4.79. The van der Waals surface area contributed by atoms with E-state index < -0.39 is 0 Å². The first-order valence-corrected chi connectivity index (χ1v) is 8.82. The van der Waals surface area contributed by atoms with E-state index in [1.807, 2.05) is 85.1 Å². The van der Waals surface area contributed by atoms with Crippen LogP contribution in [0.4, 0.5) is 0 Å². The van der Waals surface area contributed by atoms with Crippen LogP contribution in [-0.2, 0) is 4.79 Å². The number of carbonyl (C=O) groups is 1. The van der Waals surface area contributed by atoms with Crippen molar-refractivity contribution >= 4 is 23.0 Å². The highest BCUT2D eigenvalue weighted by Crippen LogP contribution is 2.22. The van der Waals surface area contributed by atoms with Gasteiger partial charge in [0.2, 0.25) is 5.91 Å². The second kappa shape index (κ2) is 7.70. The summed E-state index contributed by atoms with van der Waals surface area (Å²) in [5.41, 5.74) is 3.83. The Morgan fingerprint density at radius 1 is 0.926 bits per heavy atom. The quantitative estimate of drug-likeness (QED) is 0.520. The van der Waals surface area contributed by atoms with Crippen LogP contribution in [-0.4, -0.2) is 15.9 Å². The number of aromatic nitrogens is 2. The van der Waals surface area contributed by atoms with E-state index in [2.05, 4.69) is 15.3 Å². The Morgan fingerprint density at radius 2 is 1.59 bits per heavy atom. The van der Waals surface area contributed by atoms with Gasteiger partial charge in [-0.1, -0.05) is 60.7 Å². The van der Waals surface area contributed by atoms with E-state index in [0.29, 0.717) is 0 Å². The number of benzene rings is 2. The number of aromatic amines is 1. The summed E-state index contributed by atoms with van der Waals surface area (Å²) in [5.74, 6) is -0.147. The maximum Gasteiger partial charge on any atom is 0.244 e. The van der Waals surface area contributed by atoms with Gasteiger partial charge in [-0.3, -0.25) is 4.79 Å². The van der Waals surface area contributed by atoms with Crippen molar-refractivity contribution in [3.63, 3.8) is 0 Å². The molecule has 0 atom stereocenters. The minimum Gasteiger partial charge on any atom is -0.346 e. The number of hydrogen-bond acceptors (Lipinski definition) is 2. The number of nitrogens with one attached hydrogen (secondary N) is 2. The number of nitrogens with zero attached hydrogens (tertiary/aromatic N) is 1. The third-order valence-corrected chi connectivity index (χ3v) is 4.45. The fourth-order valence-electron chi connectivity index (χ4n) is 3.12. The fraction of sp³-hybridized carbons (Fsp3) is 0.0435. The summed E-state index contributed by atoms with van der Waals surface area (Å²) in [6, 6.07) is 23.6. The molecular formula is C23H19N3O. The zero-order chi connectivity index (χ0) is 18.5. The molecule has 0 bridgehead atoms.